The van der Waals surface area contributed by atoms with Crippen molar-refractivity contribution in [1.29, 1.82) is 0 Å². The fourth-order valence-corrected chi connectivity index (χ4v) is 1.62. The van der Waals surface area contributed by atoms with Crippen LogP contribution in [0.1, 0.15) is 13.3 Å². The molecule has 4 heteroatoms. The third-order valence-electron chi connectivity index (χ3n) is 2.66. The van der Waals surface area contributed by atoms with Crippen LogP contribution in [0.15, 0.2) is 48.5 Å². The van der Waals surface area contributed by atoms with E-state index in [4.69, 9.17) is 14.6 Å². The van der Waals surface area contributed by atoms with Gasteiger partial charge in [-0.25, -0.2) is 4.39 Å². The van der Waals surface area contributed by atoms with E-state index in [0.717, 1.165) is 0 Å². The Morgan fingerprint density at radius 3 is 2.40 bits per heavy atom. The molecule has 0 aliphatic heterocycles. The van der Waals surface area contributed by atoms with Crippen molar-refractivity contribution in [3.8, 4) is 17.2 Å². The first-order valence-electron chi connectivity index (χ1n) is 6.48. The summed E-state index contributed by atoms with van der Waals surface area (Å²) in [5.74, 6) is 1.43. The number of ether oxygens (including phenoxy) is 2. The molecule has 1 atom stereocenters. The van der Waals surface area contributed by atoms with Crippen molar-refractivity contribution in [3.05, 3.63) is 54.3 Å². The lowest BCUT2D eigenvalue weighted by atomic mass is 10.3. The first-order valence-corrected chi connectivity index (χ1v) is 6.48. The van der Waals surface area contributed by atoms with Crippen LogP contribution in [0.25, 0.3) is 0 Å². The lowest BCUT2D eigenvalue weighted by molar-refractivity contribution is 0.155. The fourth-order valence-electron chi connectivity index (χ4n) is 1.62. The van der Waals surface area contributed by atoms with Gasteiger partial charge in [0, 0.05) is 12.5 Å². The SMILES string of the molecule is CC(O)CCOc1ccc(Oc2cccc(F)c2)cc1. The second-order valence-corrected chi connectivity index (χ2v) is 4.52. The highest BCUT2D eigenvalue weighted by Gasteiger charge is 2.01. The molecule has 2 rings (SSSR count). The summed E-state index contributed by atoms with van der Waals surface area (Å²) >= 11 is 0. The minimum atomic E-state index is -0.370. The summed E-state index contributed by atoms with van der Waals surface area (Å²) in [7, 11) is 0. The molecule has 0 aliphatic carbocycles. The molecule has 0 fully saturated rings. The van der Waals surface area contributed by atoms with E-state index >= 15 is 0 Å². The predicted octanol–water partition coefficient (Wildman–Crippen LogP) is 3.77. The van der Waals surface area contributed by atoms with Crippen LogP contribution in [0.4, 0.5) is 4.39 Å². The maximum Gasteiger partial charge on any atom is 0.130 e. The van der Waals surface area contributed by atoms with E-state index in [-0.39, 0.29) is 11.9 Å². The Morgan fingerprint density at radius 1 is 1.05 bits per heavy atom. The van der Waals surface area contributed by atoms with E-state index in [1.54, 1.807) is 43.3 Å². The Kier molecular flexibility index (Phi) is 4.96. The number of aliphatic hydroxyl groups is 1. The summed E-state index contributed by atoms with van der Waals surface area (Å²) in [5, 5.41) is 9.13. The first kappa shape index (κ1) is 14.3. The van der Waals surface area contributed by atoms with Gasteiger partial charge in [0.2, 0.25) is 0 Å². The molecule has 0 heterocycles. The molecule has 0 aromatic heterocycles. The molecule has 3 nitrogen and oxygen atoms in total. The van der Waals surface area contributed by atoms with Crippen molar-refractivity contribution >= 4 is 0 Å². The number of hydrogen-bond donors (Lipinski definition) is 1. The van der Waals surface area contributed by atoms with Gasteiger partial charge in [-0.15, -0.1) is 0 Å². The van der Waals surface area contributed by atoms with Crippen LogP contribution in [-0.4, -0.2) is 17.8 Å². The predicted molar refractivity (Wildman–Crippen MR) is 74.7 cm³/mol. The van der Waals surface area contributed by atoms with Crippen LogP contribution in [0, 0.1) is 5.82 Å². The van der Waals surface area contributed by atoms with Crippen molar-refractivity contribution in [1.82, 2.24) is 0 Å². The summed E-state index contributed by atoms with van der Waals surface area (Å²) < 4.78 is 24.0. The average Bonchev–Trinajstić information content (AvgIpc) is 2.40. The minimum absolute atomic E-state index is 0.333. The van der Waals surface area contributed by atoms with Crippen LogP contribution < -0.4 is 9.47 Å². The molecule has 2 aromatic carbocycles. The Morgan fingerprint density at radius 2 is 1.75 bits per heavy atom. The molecule has 0 saturated heterocycles. The van der Waals surface area contributed by atoms with Crippen LogP contribution in [0.3, 0.4) is 0 Å². The van der Waals surface area contributed by atoms with Gasteiger partial charge in [-0.05, 0) is 43.3 Å². The highest BCUT2D eigenvalue weighted by molar-refractivity contribution is 5.35. The number of benzene rings is 2. The molecule has 20 heavy (non-hydrogen) atoms. The van der Waals surface area contributed by atoms with E-state index in [0.29, 0.717) is 30.3 Å². The van der Waals surface area contributed by atoms with Gasteiger partial charge in [-0.2, -0.15) is 0 Å². The molecule has 1 N–H and O–H groups in total. The highest BCUT2D eigenvalue weighted by atomic mass is 19.1. The molecule has 0 spiro atoms. The van der Waals surface area contributed by atoms with Crippen molar-refractivity contribution < 1.29 is 19.0 Å². The second-order valence-electron chi connectivity index (χ2n) is 4.52. The van der Waals surface area contributed by atoms with Gasteiger partial charge in [-0.1, -0.05) is 6.07 Å². The van der Waals surface area contributed by atoms with E-state index < -0.39 is 0 Å². The standard InChI is InChI=1S/C16H17FO3/c1-12(18)9-10-19-14-5-7-15(8-6-14)20-16-4-2-3-13(17)11-16/h2-8,11-12,18H,9-10H2,1H3. The van der Waals surface area contributed by atoms with E-state index in [9.17, 15) is 4.39 Å². The highest BCUT2D eigenvalue weighted by Crippen LogP contribution is 2.24. The summed E-state index contributed by atoms with van der Waals surface area (Å²) in [4.78, 5) is 0. The zero-order valence-corrected chi connectivity index (χ0v) is 11.3. The Labute approximate surface area is 117 Å². The largest absolute Gasteiger partial charge is 0.493 e. The minimum Gasteiger partial charge on any atom is -0.493 e. The van der Waals surface area contributed by atoms with Gasteiger partial charge in [0.1, 0.15) is 23.1 Å². The normalized spacial score (nSPS) is 11.9. The molecule has 1 unspecified atom stereocenters. The number of halogens is 1. The lowest BCUT2D eigenvalue weighted by Crippen LogP contribution is -2.07. The molecule has 2 aromatic rings. The summed E-state index contributed by atoms with van der Waals surface area (Å²) in [6.45, 7) is 2.18. The summed E-state index contributed by atoms with van der Waals surface area (Å²) in [6, 6.07) is 13.0. The summed E-state index contributed by atoms with van der Waals surface area (Å²) in [5.41, 5.74) is 0. The maximum atomic E-state index is 13.0. The van der Waals surface area contributed by atoms with E-state index in [2.05, 4.69) is 0 Å². The van der Waals surface area contributed by atoms with Gasteiger partial charge in [0.05, 0.1) is 12.7 Å². The molecule has 0 radical (unpaired) electrons. The molecule has 0 amide bonds. The fraction of sp³-hybridized carbons (Fsp3) is 0.250. The molecule has 106 valence electrons. The van der Waals surface area contributed by atoms with Crippen LogP contribution in [0.2, 0.25) is 0 Å². The number of hydrogen-bond acceptors (Lipinski definition) is 3. The van der Waals surface area contributed by atoms with Crippen molar-refractivity contribution in [2.75, 3.05) is 6.61 Å². The van der Waals surface area contributed by atoms with Crippen molar-refractivity contribution in [2.45, 2.75) is 19.4 Å². The van der Waals surface area contributed by atoms with E-state index in [1.165, 1.54) is 12.1 Å². The van der Waals surface area contributed by atoms with Crippen LogP contribution in [0.5, 0.6) is 17.2 Å². The van der Waals surface area contributed by atoms with Gasteiger partial charge in [-0.3, -0.25) is 0 Å². The zero-order valence-electron chi connectivity index (χ0n) is 11.3. The maximum absolute atomic E-state index is 13.0. The van der Waals surface area contributed by atoms with Crippen LogP contribution in [-0.2, 0) is 0 Å². The Hall–Kier alpha value is -2.07. The third kappa shape index (κ3) is 4.55. The molecule has 0 aliphatic rings. The third-order valence-corrected chi connectivity index (χ3v) is 2.66. The van der Waals surface area contributed by atoms with E-state index in [1.807, 2.05) is 0 Å². The van der Waals surface area contributed by atoms with Gasteiger partial charge in [0.25, 0.3) is 0 Å². The monoisotopic (exact) mass is 276 g/mol. The Balaban J connectivity index is 1.91. The quantitative estimate of drug-likeness (QED) is 0.873. The van der Waals surface area contributed by atoms with Gasteiger partial charge < -0.3 is 14.6 Å². The number of aliphatic hydroxyl groups excluding tert-OH is 1. The molecule has 0 saturated carbocycles. The average molecular weight is 276 g/mol. The van der Waals surface area contributed by atoms with Crippen LogP contribution >= 0.6 is 0 Å². The molecule has 0 bridgehead atoms. The second kappa shape index (κ2) is 6.91. The smallest absolute Gasteiger partial charge is 0.130 e. The topological polar surface area (TPSA) is 38.7 Å². The van der Waals surface area contributed by atoms with Gasteiger partial charge in [0.15, 0.2) is 0 Å². The number of rotatable bonds is 6. The lowest BCUT2D eigenvalue weighted by Gasteiger charge is -2.09. The molecular formula is C16H17FO3. The first-order chi connectivity index (χ1) is 9.63. The van der Waals surface area contributed by atoms with Crippen molar-refractivity contribution in [3.63, 3.8) is 0 Å². The summed E-state index contributed by atoms with van der Waals surface area (Å²) in [6.07, 6.45) is 0.215. The van der Waals surface area contributed by atoms with Gasteiger partial charge >= 0.3 is 0 Å². The Bertz CT molecular complexity index is 538. The van der Waals surface area contributed by atoms with Crippen molar-refractivity contribution in [2.24, 2.45) is 0 Å². The molecular weight excluding hydrogens is 259 g/mol. The zero-order chi connectivity index (χ0) is 14.4.